The molecular formula is C13H18FNO3. The molecule has 1 atom stereocenters. The molecule has 5 heteroatoms. The SMILES string of the molecule is CC(CCO)CNC(=O)COc1ccccc1F. The lowest BCUT2D eigenvalue weighted by atomic mass is 10.1. The van der Waals surface area contributed by atoms with E-state index in [1.165, 1.54) is 12.1 Å². The Bertz CT molecular complexity index is 384. The molecule has 1 aromatic rings. The van der Waals surface area contributed by atoms with E-state index < -0.39 is 5.82 Å². The number of hydrogen-bond donors (Lipinski definition) is 2. The summed E-state index contributed by atoms with van der Waals surface area (Å²) in [4.78, 5) is 11.4. The minimum absolute atomic E-state index is 0.0658. The maximum Gasteiger partial charge on any atom is 0.257 e. The Morgan fingerprint density at radius 3 is 2.89 bits per heavy atom. The molecular weight excluding hydrogens is 237 g/mol. The summed E-state index contributed by atoms with van der Waals surface area (Å²) in [5, 5.41) is 11.4. The van der Waals surface area contributed by atoms with Gasteiger partial charge in [0, 0.05) is 13.2 Å². The van der Waals surface area contributed by atoms with Gasteiger partial charge in [0.15, 0.2) is 18.2 Å². The van der Waals surface area contributed by atoms with Crippen LogP contribution in [0, 0.1) is 11.7 Å². The Labute approximate surface area is 106 Å². The summed E-state index contributed by atoms with van der Waals surface area (Å²) in [7, 11) is 0. The number of carbonyl (C=O) groups excluding carboxylic acids is 1. The van der Waals surface area contributed by atoms with Crippen molar-refractivity contribution in [3.05, 3.63) is 30.1 Å². The van der Waals surface area contributed by atoms with Gasteiger partial charge in [0.25, 0.3) is 5.91 Å². The minimum atomic E-state index is -0.487. The van der Waals surface area contributed by atoms with Gasteiger partial charge in [-0.1, -0.05) is 19.1 Å². The maximum atomic E-state index is 13.2. The highest BCUT2D eigenvalue weighted by Gasteiger charge is 2.07. The van der Waals surface area contributed by atoms with Gasteiger partial charge in [-0.25, -0.2) is 4.39 Å². The smallest absolute Gasteiger partial charge is 0.257 e. The first-order valence-corrected chi connectivity index (χ1v) is 5.88. The molecule has 0 saturated heterocycles. The quantitative estimate of drug-likeness (QED) is 0.773. The predicted molar refractivity (Wildman–Crippen MR) is 65.8 cm³/mol. The molecule has 18 heavy (non-hydrogen) atoms. The number of ether oxygens (including phenoxy) is 1. The third-order valence-corrected chi connectivity index (χ3v) is 2.47. The van der Waals surface area contributed by atoms with Crippen molar-refractivity contribution in [3.63, 3.8) is 0 Å². The van der Waals surface area contributed by atoms with Crippen molar-refractivity contribution in [1.82, 2.24) is 5.32 Å². The number of halogens is 1. The summed E-state index contributed by atoms with van der Waals surface area (Å²) >= 11 is 0. The molecule has 0 aliphatic heterocycles. The molecule has 2 N–H and O–H groups in total. The van der Waals surface area contributed by atoms with E-state index in [4.69, 9.17) is 9.84 Å². The second-order valence-corrected chi connectivity index (χ2v) is 4.14. The second-order valence-electron chi connectivity index (χ2n) is 4.14. The highest BCUT2D eigenvalue weighted by Crippen LogP contribution is 2.14. The zero-order chi connectivity index (χ0) is 13.4. The van der Waals surface area contributed by atoms with Crippen LogP contribution in [0.25, 0.3) is 0 Å². The number of aliphatic hydroxyl groups is 1. The molecule has 0 fully saturated rings. The molecule has 0 saturated carbocycles. The lowest BCUT2D eigenvalue weighted by Gasteiger charge is -2.11. The molecule has 1 aromatic carbocycles. The monoisotopic (exact) mass is 255 g/mol. The first kappa shape index (κ1) is 14.4. The van der Waals surface area contributed by atoms with Gasteiger partial charge in [0.05, 0.1) is 0 Å². The van der Waals surface area contributed by atoms with Crippen LogP contribution in [0.15, 0.2) is 24.3 Å². The zero-order valence-electron chi connectivity index (χ0n) is 10.4. The van der Waals surface area contributed by atoms with Crippen LogP contribution in [0.4, 0.5) is 4.39 Å². The fourth-order valence-corrected chi connectivity index (χ4v) is 1.37. The number of carbonyl (C=O) groups is 1. The van der Waals surface area contributed by atoms with E-state index in [2.05, 4.69) is 5.32 Å². The van der Waals surface area contributed by atoms with Crippen molar-refractivity contribution in [2.45, 2.75) is 13.3 Å². The van der Waals surface area contributed by atoms with Gasteiger partial charge in [-0.3, -0.25) is 4.79 Å². The molecule has 0 aromatic heterocycles. The van der Waals surface area contributed by atoms with Crippen molar-refractivity contribution in [3.8, 4) is 5.75 Å². The number of amides is 1. The molecule has 0 radical (unpaired) electrons. The molecule has 1 rings (SSSR count). The van der Waals surface area contributed by atoms with Crippen molar-refractivity contribution in [2.24, 2.45) is 5.92 Å². The highest BCUT2D eigenvalue weighted by atomic mass is 19.1. The molecule has 0 aliphatic carbocycles. The van der Waals surface area contributed by atoms with E-state index in [1.807, 2.05) is 6.92 Å². The third-order valence-electron chi connectivity index (χ3n) is 2.47. The fourth-order valence-electron chi connectivity index (χ4n) is 1.37. The fraction of sp³-hybridized carbons (Fsp3) is 0.462. The van der Waals surface area contributed by atoms with Crippen LogP contribution in [0.2, 0.25) is 0 Å². The van der Waals surface area contributed by atoms with E-state index in [0.717, 1.165) is 0 Å². The Morgan fingerprint density at radius 2 is 2.22 bits per heavy atom. The van der Waals surface area contributed by atoms with Crippen molar-refractivity contribution in [2.75, 3.05) is 19.8 Å². The lowest BCUT2D eigenvalue weighted by molar-refractivity contribution is -0.123. The zero-order valence-corrected chi connectivity index (χ0v) is 10.4. The standard InChI is InChI=1S/C13H18FNO3/c1-10(6-7-16)8-15-13(17)9-18-12-5-3-2-4-11(12)14/h2-5,10,16H,6-9H2,1H3,(H,15,17). The van der Waals surface area contributed by atoms with Crippen LogP contribution < -0.4 is 10.1 Å². The first-order chi connectivity index (χ1) is 8.63. The normalized spacial score (nSPS) is 11.9. The molecule has 0 aliphatic rings. The van der Waals surface area contributed by atoms with Crippen LogP contribution in [0.3, 0.4) is 0 Å². The summed E-state index contributed by atoms with van der Waals surface area (Å²) in [5.41, 5.74) is 0. The maximum absolute atomic E-state index is 13.2. The number of para-hydroxylation sites is 1. The van der Waals surface area contributed by atoms with Crippen LogP contribution in [-0.4, -0.2) is 30.8 Å². The number of rotatable bonds is 7. The molecule has 1 unspecified atom stereocenters. The van der Waals surface area contributed by atoms with Crippen LogP contribution >= 0.6 is 0 Å². The third kappa shape index (κ3) is 5.14. The Hall–Kier alpha value is -1.62. The molecule has 0 heterocycles. The topological polar surface area (TPSA) is 58.6 Å². The molecule has 0 spiro atoms. The molecule has 100 valence electrons. The van der Waals surface area contributed by atoms with Gasteiger partial charge in [0.1, 0.15) is 0 Å². The first-order valence-electron chi connectivity index (χ1n) is 5.88. The van der Waals surface area contributed by atoms with Crippen molar-refractivity contribution in [1.29, 1.82) is 0 Å². The average Bonchev–Trinajstić information content (AvgIpc) is 2.36. The number of nitrogens with one attached hydrogen (secondary N) is 1. The van der Waals surface area contributed by atoms with Gasteiger partial charge in [-0.15, -0.1) is 0 Å². The molecule has 4 nitrogen and oxygen atoms in total. The lowest BCUT2D eigenvalue weighted by Crippen LogP contribution is -2.32. The van der Waals surface area contributed by atoms with Crippen LogP contribution in [-0.2, 0) is 4.79 Å². The van der Waals surface area contributed by atoms with Gasteiger partial charge >= 0.3 is 0 Å². The average molecular weight is 255 g/mol. The van der Waals surface area contributed by atoms with Gasteiger partial charge in [0.2, 0.25) is 0 Å². The minimum Gasteiger partial charge on any atom is -0.481 e. The van der Waals surface area contributed by atoms with Crippen LogP contribution in [0.5, 0.6) is 5.75 Å². The summed E-state index contributed by atoms with van der Waals surface area (Å²) < 4.78 is 18.2. The predicted octanol–water partition coefficient (Wildman–Crippen LogP) is 1.34. The van der Waals surface area contributed by atoms with E-state index >= 15 is 0 Å². The van der Waals surface area contributed by atoms with E-state index in [0.29, 0.717) is 13.0 Å². The van der Waals surface area contributed by atoms with Gasteiger partial charge in [-0.2, -0.15) is 0 Å². The second kappa shape index (κ2) is 7.66. The van der Waals surface area contributed by atoms with Gasteiger partial charge < -0.3 is 15.2 Å². The summed E-state index contributed by atoms with van der Waals surface area (Å²) in [6.45, 7) is 2.28. The number of aliphatic hydroxyl groups excluding tert-OH is 1. The van der Waals surface area contributed by atoms with Crippen LogP contribution in [0.1, 0.15) is 13.3 Å². The Morgan fingerprint density at radius 1 is 1.50 bits per heavy atom. The van der Waals surface area contributed by atoms with E-state index in [9.17, 15) is 9.18 Å². The summed E-state index contributed by atoms with van der Waals surface area (Å²) in [5.74, 6) is -0.523. The van der Waals surface area contributed by atoms with Crippen molar-refractivity contribution >= 4 is 5.91 Å². The molecule has 0 bridgehead atoms. The number of hydrogen-bond acceptors (Lipinski definition) is 3. The largest absolute Gasteiger partial charge is 0.481 e. The van der Waals surface area contributed by atoms with E-state index in [-0.39, 0.29) is 30.8 Å². The summed E-state index contributed by atoms with van der Waals surface area (Å²) in [6, 6.07) is 5.94. The van der Waals surface area contributed by atoms with E-state index in [1.54, 1.807) is 12.1 Å². The Kier molecular flexibility index (Phi) is 6.14. The number of benzene rings is 1. The van der Waals surface area contributed by atoms with Gasteiger partial charge in [-0.05, 0) is 24.5 Å². The highest BCUT2D eigenvalue weighted by molar-refractivity contribution is 5.77. The summed E-state index contributed by atoms with van der Waals surface area (Å²) in [6.07, 6.45) is 0.633. The Balaban J connectivity index is 2.27. The van der Waals surface area contributed by atoms with Crippen molar-refractivity contribution < 1.29 is 19.0 Å². The molecule has 1 amide bonds.